The van der Waals surface area contributed by atoms with Gasteiger partial charge in [0.05, 0.1) is 7.11 Å². The van der Waals surface area contributed by atoms with Gasteiger partial charge in [-0.05, 0) is 6.42 Å². The predicted octanol–water partition coefficient (Wildman–Crippen LogP) is -0.488. The minimum absolute atomic E-state index is 0.00924. The highest BCUT2D eigenvalue weighted by Gasteiger charge is 2.25. The summed E-state index contributed by atoms with van der Waals surface area (Å²) < 4.78 is 25.9. The number of methoxy groups -OCH3 is 1. The Bertz CT molecular complexity index is 336. The largest absolute Gasteiger partial charge is 0.469 e. The number of rotatable bonds is 8. The lowest BCUT2D eigenvalue weighted by atomic mass is 10.3. The molecule has 0 atom stereocenters. The maximum absolute atomic E-state index is 10.8. The molecule has 0 amide bonds. The van der Waals surface area contributed by atoms with Crippen LogP contribution in [-0.2, 0) is 18.7 Å². The van der Waals surface area contributed by atoms with Gasteiger partial charge < -0.3 is 24.3 Å². The number of hydrogen-bond acceptors (Lipinski definition) is 5. The van der Waals surface area contributed by atoms with Crippen LogP contribution < -0.4 is 0 Å². The zero-order valence-corrected chi connectivity index (χ0v) is 11.6. The zero-order chi connectivity index (χ0) is 14.4. The van der Waals surface area contributed by atoms with E-state index in [-0.39, 0.29) is 19.4 Å². The zero-order valence-electron chi connectivity index (χ0n) is 9.80. The molecule has 9 nitrogen and oxygen atoms in total. The smallest absolute Gasteiger partial charge is 0.339 e. The van der Waals surface area contributed by atoms with Crippen molar-refractivity contribution in [2.24, 2.45) is 0 Å². The van der Waals surface area contributed by atoms with E-state index in [1.807, 2.05) is 0 Å². The van der Waals surface area contributed by atoms with Crippen molar-refractivity contribution in [3.8, 4) is 0 Å². The van der Waals surface area contributed by atoms with Gasteiger partial charge in [-0.25, -0.2) is 0 Å². The molecule has 108 valence electrons. The Hall–Kier alpha value is -0.270. The van der Waals surface area contributed by atoms with Crippen molar-refractivity contribution in [1.82, 2.24) is 4.90 Å². The highest BCUT2D eigenvalue weighted by molar-refractivity contribution is 7.52. The Morgan fingerprint density at radius 1 is 1.11 bits per heavy atom. The van der Waals surface area contributed by atoms with E-state index in [0.29, 0.717) is 0 Å². The van der Waals surface area contributed by atoms with Crippen LogP contribution in [0.15, 0.2) is 0 Å². The molecule has 0 unspecified atom stereocenters. The first kappa shape index (κ1) is 17.7. The third kappa shape index (κ3) is 10.9. The van der Waals surface area contributed by atoms with Gasteiger partial charge >= 0.3 is 21.2 Å². The standard InChI is InChI=1S/C7H17NO8P2/c1-16-7(9)3-2-4-8(5-17(10,11)12)6-18(13,14)15/h2-6H2,1H3,(H2,10,11,12)(H2,13,14,15). The van der Waals surface area contributed by atoms with Crippen molar-refractivity contribution in [2.45, 2.75) is 12.8 Å². The van der Waals surface area contributed by atoms with Crippen LogP contribution in [0.25, 0.3) is 0 Å². The highest BCUT2D eigenvalue weighted by Crippen LogP contribution is 2.40. The van der Waals surface area contributed by atoms with Crippen molar-refractivity contribution < 1.29 is 38.2 Å². The van der Waals surface area contributed by atoms with E-state index in [0.717, 1.165) is 4.90 Å². The van der Waals surface area contributed by atoms with Gasteiger partial charge in [0.1, 0.15) is 12.6 Å². The molecule has 0 heterocycles. The summed E-state index contributed by atoms with van der Waals surface area (Å²) in [4.78, 5) is 46.8. The summed E-state index contributed by atoms with van der Waals surface area (Å²) in [5.74, 6) is -0.498. The molecule has 0 aromatic heterocycles. The van der Waals surface area contributed by atoms with Crippen LogP contribution >= 0.6 is 15.2 Å². The van der Waals surface area contributed by atoms with Gasteiger partial charge in [-0.1, -0.05) is 0 Å². The Morgan fingerprint density at radius 3 is 1.89 bits per heavy atom. The summed E-state index contributed by atoms with van der Waals surface area (Å²) >= 11 is 0. The summed E-state index contributed by atoms with van der Waals surface area (Å²) in [6.07, 6.45) is -1.33. The number of ether oxygens (including phenoxy) is 1. The molecule has 0 saturated heterocycles. The third-order valence-corrected chi connectivity index (χ3v) is 3.39. The monoisotopic (exact) mass is 305 g/mol. The molecule has 0 aromatic carbocycles. The summed E-state index contributed by atoms with van der Waals surface area (Å²) in [5.41, 5.74) is 0. The van der Waals surface area contributed by atoms with Crippen molar-refractivity contribution >= 4 is 21.2 Å². The molecule has 0 spiro atoms. The van der Waals surface area contributed by atoms with Crippen LogP contribution in [0.4, 0.5) is 0 Å². The van der Waals surface area contributed by atoms with Crippen LogP contribution in [-0.4, -0.2) is 56.7 Å². The molecule has 18 heavy (non-hydrogen) atoms. The molecule has 0 bridgehead atoms. The SMILES string of the molecule is COC(=O)CCCN(CP(=O)(O)O)CP(=O)(O)O. The maximum atomic E-state index is 10.8. The first-order valence-corrected chi connectivity index (χ1v) is 8.51. The van der Waals surface area contributed by atoms with E-state index in [4.69, 9.17) is 19.6 Å². The van der Waals surface area contributed by atoms with E-state index in [2.05, 4.69) is 4.74 Å². The quantitative estimate of drug-likeness (QED) is 0.345. The molecular formula is C7H17NO8P2. The molecule has 0 aromatic rings. The van der Waals surface area contributed by atoms with Gasteiger partial charge in [-0.15, -0.1) is 0 Å². The second kappa shape index (κ2) is 7.35. The topological polar surface area (TPSA) is 145 Å². The number of carbonyl (C=O) groups is 1. The van der Waals surface area contributed by atoms with E-state index in [1.165, 1.54) is 7.11 Å². The molecular weight excluding hydrogens is 288 g/mol. The fourth-order valence-corrected chi connectivity index (χ4v) is 2.94. The van der Waals surface area contributed by atoms with Crippen LogP contribution in [0.1, 0.15) is 12.8 Å². The molecule has 0 aliphatic carbocycles. The van der Waals surface area contributed by atoms with Crippen molar-refractivity contribution in [1.29, 1.82) is 0 Å². The molecule has 0 aliphatic heterocycles. The fourth-order valence-electron chi connectivity index (χ4n) is 1.26. The van der Waals surface area contributed by atoms with Gasteiger partial charge in [0.25, 0.3) is 0 Å². The molecule has 0 fully saturated rings. The maximum Gasteiger partial charge on any atom is 0.339 e. The predicted molar refractivity (Wildman–Crippen MR) is 61.8 cm³/mol. The van der Waals surface area contributed by atoms with E-state index in [1.54, 1.807) is 0 Å². The minimum atomic E-state index is -4.41. The van der Waals surface area contributed by atoms with Gasteiger partial charge in [0.2, 0.25) is 0 Å². The lowest BCUT2D eigenvalue weighted by Gasteiger charge is -2.22. The number of nitrogens with zero attached hydrogens (tertiary/aromatic N) is 1. The van der Waals surface area contributed by atoms with Crippen LogP contribution in [0, 0.1) is 0 Å². The van der Waals surface area contributed by atoms with Gasteiger partial charge in [-0.2, -0.15) is 0 Å². The van der Waals surface area contributed by atoms with E-state index in [9.17, 15) is 13.9 Å². The molecule has 4 N–H and O–H groups in total. The third-order valence-electron chi connectivity index (χ3n) is 1.85. The van der Waals surface area contributed by atoms with E-state index < -0.39 is 33.7 Å². The molecule has 0 rings (SSSR count). The van der Waals surface area contributed by atoms with Gasteiger partial charge in [0.15, 0.2) is 0 Å². The fraction of sp³-hybridized carbons (Fsp3) is 0.857. The summed E-state index contributed by atoms with van der Waals surface area (Å²) in [6, 6.07) is 0. The van der Waals surface area contributed by atoms with Gasteiger partial charge in [-0.3, -0.25) is 18.8 Å². The number of carbonyl (C=O) groups excluding carboxylic acids is 1. The average molecular weight is 305 g/mol. The Labute approximate surface area is 104 Å². The Balaban J connectivity index is 4.35. The highest BCUT2D eigenvalue weighted by atomic mass is 31.2. The van der Waals surface area contributed by atoms with E-state index >= 15 is 0 Å². The molecule has 11 heteroatoms. The van der Waals surface area contributed by atoms with Crippen molar-refractivity contribution in [3.63, 3.8) is 0 Å². The van der Waals surface area contributed by atoms with Gasteiger partial charge in [0, 0.05) is 13.0 Å². The lowest BCUT2D eigenvalue weighted by Crippen LogP contribution is -2.27. The lowest BCUT2D eigenvalue weighted by molar-refractivity contribution is -0.140. The normalized spacial score (nSPS) is 12.8. The van der Waals surface area contributed by atoms with Crippen molar-refractivity contribution in [2.75, 3.05) is 26.2 Å². The molecule has 0 saturated carbocycles. The van der Waals surface area contributed by atoms with Crippen molar-refractivity contribution in [3.05, 3.63) is 0 Å². The summed E-state index contributed by atoms with van der Waals surface area (Å²) in [6.45, 7) is -0.0225. The first-order chi connectivity index (χ1) is 8.03. The average Bonchev–Trinajstić information content (AvgIpc) is 2.12. The summed E-state index contributed by atoms with van der Waals surface area (Å²) in [7, 11) is -7.62. The van der Waals surface area contributed by atoms with Crippen LogP contribution in [0.2, 0.25) is 0 Å². The first-order valence-electron chi connectivity index (χ1n) is 4.92. The van der Waals surface area contributed by atoms with Crippen LogP contribution in [0.3, 0.4) is 0 Å². The molecule has 0 radical (unpaired) electrons. The number of esters is 1. The van der Waals surface area contributed by atoms with Crippen LogP contribution in [0.5, 0.6) is 0 Å². The number of hydrogen-bond donors (Lipinski definition) is 4. The molecule has 0 aliphatic rings. The summed E-state index contributed by atoms with van der Waals surface area (Å²) in [5, 5.41) is 0. The Morgan fingerprint density at radius 2 is 1.56 bits per heavy atom. The second-order valence-corrected chi connectivity index (χ2v) is 6.91. The minimum Gasteiger partial charge on any atom is -0.469 e. The second-order valence-electron chi connectivity index (χ2n) is 3.69. The Kier molecular flexibility index (Phi) is 7.24.